The average Bonchev–Trinajstić information content (AvgIpc) is 2.65. The number of nitrogens with one attached hydrogen (secondary N) is 2. The van der Waals surface area contributed by atoms with Gasteiger partial charge >= 0.3 is 0 Å². The second-order valence-electron chi connectivity index (χ2n) is 7.44. The number of carbonyl (C=O) groups excluding carboxylic acids is 1. The van der Waals surface area contributed by atoms with Gasteiger partial charge in [-0.25, -0.2) is 4.98 Å². The zero-order chi connectivity index (χ0) is 19.4. The third kappa shape index (κ3) is 4.83. The molecule has 6 heteroatoms. The summed E-state index contributed by atoms with van der Waals surface area (Å²) in [5.74, 6) is 1.23. The molecule has 0 bridgehead atoms. The lowest BCUT2D eigenvalue weighted by atomic mass is 9.96. The van der Waals surface area contributed by atoms with Crippen molar-refractivity contribution in [1.82, 2.24) is 20.2 Å². The van der Waals surface area contributed by atoms with Crippen molar-refractivity contribution in [2.24, 2.45) is 5.92 Å². The summed E-state index contributed by atoms with van der Waals surface area (Å²) in [6.45, 7) is 8.86. The zero-order valence-electron chi connectivity index (χ0n) is 16.3. The monoisotopic (exact) mass is 368 g/mol. The van der Waals surface area contributed by atoms with Crippen molar-refractivity contribution in [1.29, 1.82) is 0 Å². The van der Waals surface area contributed by atoms with E-state index >= 15 is 0 Å². The van der Waals surface area contributed by atoms with Gasteiger partial charge < -0.3 is 10.3 Å². The molecule has 0 atom stereocenters. The van der Waals surface area contributed by atoms with Crippen molar-refractivity contribution in [2.45, 2.75) is 40.2 Å². The Kier molecular flexibility index (Phi) is 6.06. The topological polar surface area (TPSA) is 78.1 Å². The number of likely N-dealkylation sites (tertiary alicyclic amines) is 1. The Labute approximate surface area is 160 Å². The molecule has 6 nitrogen and oxygen atoms in total. The minimum atomic E-state index is -0.0777. The Morgan fingerprint density at radius 3 is 2.63 bits per heavy atom. The molecule has 0 saturated carbocycles. The van der Waals surface area contributed by atoms with Crippen molar-refractivity contribution in [3.63, 3.8) is 0 Å². The molecule has 0 aliphatic carbocycles. The molecule has 2 N–H and O–H groups in total. The summed E-state index contributed by atoms with van der Waals surface area (Å²) >= 11 is 0. The van der Waals surface area contributed by atoms with Crippen LogP contribution in [0.2, 0.25) is 0 Å². The number of hydrogen-bond donors (Lipinski definition) is 2. The summed E-state index contributed by atoms with van der Waals surface area (Å²) in [4.78, 5) is 33.2. The van der Waals surface area contributed by atoms with Crippen LogP contribution < -0.4 is 10.9 Å². The summed E-state index contributed by atoms with van der Waals surface area (Å²) in [5, 5.41) is 2.93. The van der Waals surface area contributed by atoms with E-state index in [1.165, 1.54) is 5.56 Å². The summed E-state index contributed by atoms with van der Waals surface area (Å²) in [7, 11) is 0. The smallest absolute Gasteiger partial charge is 0.254 e. The number of rotatable bonds is 5. The first-order chi connectivity index (χ1) is 12.9. The lowest BCUT2D eigenvalue weighted by molar-refractivity contribution is -0.119. The predicted octanol–water partition coefficient (Wildman–Crippen LogP) is 2.40. The Balaban J connectivity index is 1.71. The van der Waals surface area contributed by atoms with E-state index < -0.39 is 0 Å². The molecule has 0 radical (unpaired) electrons. The molecular weight excluding hydrogens is 340 g/mol. The molecule has 1 aliphatic rings. The first-order valence-electron chi connectivity index (χ1n) is 9.56. The summed E-state index contributed by atoms with van der Waals surface area (Å²) in [6, 6.07) is 8.13. The van der Waals surface area contributed by atoms with Crippen molar-refractivity contribution < 1.29 is 4.79 Å². The molecule has 144 valence electrons. The van der Waals surface area contributed by atoms with Crippen LogP contribution in [0, 0.1) is 19.8 Å². The van der Waals surface area contributed by atoms with E-state index in [-0.39, 0.29) is 11.5 Å². The number of piperidine rings is 1. The van der Waals surface area contributed by atoms with Crippen LogP contribution in [0.4, 0.5) is 0 Å². The number of hydrogen-bond acceptors (Lipinski definition) is 4. The fraction of sp³-hybridized carbons (Fsp3) is 0.476. The fourth-order valence-corrected chi connectivity index (χ4v) is 3.54. The molecular formula is C21H28N4O2. The van der Waals surface area contributed by atoms with E-state index in [1.807, 2.05) is 25.1 Å². The van der Waals surface area contributed by atoms with Crippen LogP contribution >= 0.6 is 0 Å². The second kappa shape index (κ2) is 8.48. The molecule has 1 amide bonds. The maximum absolute atomic E-state index is 12.1. The highest BCUT2D eigenvalue weighted by Crippen LogP contribution is 2.24. The number of H-pyrrole nitrogens is 1. The highest BCUT2D eigenvalue weighted by molar-refractivity contribution is 5.72. The van der Waals surface area contributed by atoms with Gasteiger partial charge in [0.1, 0.15) is 5.82 Å². The highest BCUT2D eigenvalue weighted by Gasteiger charge is 2.20. The summed E-state index contributed by atoms with van der Waals surface area (Å²) < 4.78 is 0. The SMILES string of the molecule is CC(=O)NCC1CCN(Cc2ccccc2-c2nc(C)c(C)c(=O)[nH]2)CC1. The van der Waals surface area contributed by atoms with Crippen molar-refractivity contribution in [3.05, 3.63) is 51.4 Å². The van der Waals surface area contributed by atoms with E-state index in [2.05, 4.69) is 26.3 Å². The van der Waals surface area contributed by atoms with Crippen molar-refractivity contribution >= 4 is 5.91 Å². The molecule has 1 aromatic carbocycles. The fourth-order valence-electron chi connectivity index (χ4n) is 3.54. The lowest BCUT2D eigenvalue weighted by Gasteiger charge is -2.32. The zero-order valence-corrected chi connectivity index (χ0v) is 16.3. The van der Waals surface area contributed by atoms with Gasteiger partial charge in [-0.2, -0.15) is 0 Å². The number of amides is 1. The van der Waals surface area contributed by atoms with Gasteiger partial charge in [-0.3, -0.25) is 14.5 Å². The van der Waals surface area contributed by atoms with Crippen molar-refractivity contribution in [3.8, 4) is 11.4 Å². The lowest BCUT2D eigenvalue weighted by Crippen LogP contribution is -2.37. The van der Waals surface area contributed by atoms with Crippen LogP contribution in [0.5, 0.6) is 0 Å². The van der Waals surface area contributed by atoms with Crippen molar-refractivity contribution in [2.75, 3.05) is 19.6 Å². The maximum Gasteiger partial charge on any atom is 0.254 e. The van der Waals surface area contributed by atoms with Crippen LogP contribution in [0.25, 0.3) is 11.4 Å². The van der Waals surface area contributed by atoms with Crippen LogP contribution in [-0.4, -0.2) is 40.4 Å². The number of carbonyl (C=O) groups is 1. The second-order valence-corrected chi connectivity index (χ2v) is 7.44. The van der Waals surface area contributed by atoms with E-state index in [1.54, 1.807) is 13.8 Å². The van der Waals surface area contributed by atoms with Crippen LogP contribution in [0.3, 0.4) is 0 Å². The van der Waals surface area contributed by atoms with Crippen LogP contribution in [0.1, 0.15) is 36.6 Å². The van der Waals surface area contributed by atoms with Crippen LogP contribution in [0.15, 0.2) is 29.1 Å². The Bertz CT molecular complexity index is 867. The van der Waals surface area contributed by atoms with E-state index in [0.717, 1.165) is 50.3 Å². The van der Waals surface area contributed by atoms with E-state index in [9.17, 15) is 9.59 Å². The molecule has 1 aliphatic heterocycles. The Hall–Kier alpha value is -2.47. The molecule has 1 fully saturated rings. The van der Waals surface area contributed by atoms with Gasteiger partial charge in [0.15, 0.2) is 0 Å². The minimum Gasteiger partial charge on any atom is -0.356 e. The Morgan fingerprint density at radius 2 is 1.96 bits per heavy atom. The van der Waals surface area contributed by atoms with Gasteiger partial charge in [0.05, 0.1) is 0 Å². The minimum absolute atomic E-state index is 0.0428. The first-order valence-corrected chi connectivity index (χ1v) is 9.56. The third-order valence-electron chi connectivity index (χ3n) is 5.41. The summed E-state index contributed by atoms with van der Waals surface area (Å²) in [5.41, 5.74) is 3.51. The standard InChI is InChI=1S/C21H28N4O2/c1-14-15(2)23-20(24-21(14)27)19-7-5-4-6-18(19)13-25-10-8-17(9-11-25)12-22-16(3)26/h4-7,17H,8-13H2,1-3H3,(H,22,26)(H,23,24,27). The molecule has 1 aromatic heterocycles. The van der Waals surface area contributed by atoms with Crippen LogP contribution in [-0.2, 0) is 11.3 Å². The Morgan fingerprint density at radius 1 is 1.26 bits per heavy atom. The third-order valence-corrected chi connectivity index (χ3v) is 5.41. The molecule has 3 rings (SSSR count). The molecule has 27 heavy (non-hydrogen) atoms. The van der Waals surface area contributed by atoms with E-state index in [4.69, 9.17) is 0 Å². The first kappa shape index (κ1) is 19.3. The number of nitrogens with zero attached hydrogens (tertiary/aromatic N) is 2. The predicted molar refractivity (Wildman–Crippen MR) is 106 cm³/mol. The summed E-state index contributed by atoms with van der Waals surface area (Å²) in [6.07, 6.45) is 2.17. The average molecular weight is 368 g/mol. The number of aromatic nitrogens is 2. The van der Waals surface area contributed by atoms with Gasteiger partial charge in [-0.15, -0.1) is 0 Å². The van der Waals surface area contributed by atoms with Gasteiger partial charge in [-0.05, 0) is 51.3 Å². The largest absolute Gasteiger partial charge is 0.356 e. The molecule has 2 heterocycles. The number of benzene rings is 1. The molecule has 2 aromatic rings. The molecule has 1 saturated heterocycles. The van der Waals surface area contributed by atoms with Gasteiger partial charge in [0, 0.05) is 36.8 Å². The van der Waals surface area contributed by atoms with E-state index in [0.29, 0.717) is 17.3 Å². The number of aryl methyl sites for hydroxylation is 1. The normalized spacial score (nSPS) is 15.7. The maximum atomic E-state index is 12.1. The van der Waals surface area contributed by atoms with Gasteiger partial charge in [0.25, 0.3) is 5.56 Å². The quantitative estimate of drug-likeness (QED) is 0.849. The van der Waals surface area contributed by atoms with Gasteiger partial charge in [-0.1, -0.05) is 24.3 Å². The van der Waals surface area contributed by atoms with Gasteiger partial charge in [0.2, 0.25) is 5.91 Å². The highest BCUT2D eigenvalue weighted by atomic mass is 16.1. The molecule has 0 unspecified atom stereocenters. The molecule has 0 spiro atoms. The number of aromatic amines is 1.